The van der Waals surface area contributed by atoms with E-state index in [1.807, 2.05) is 0 Å². The van der Waals surface area contributed by atoms with Gasteiger partial charge in [-0.15, -0.1) is 6.42 Å². The van der Waals surface area contributed by atoms with Crippen LogP contribution < -0.4 is 4.72 Å². The van der Waals surface area contributed by atoms with Gasteiger partial charge in [-0.05, 0) is 36.4 Å². The van der Waals surface area contributed by atoms with Crippen LogP contribution in [0.1, 0.15) is 16.1 Å². The van der Waals surface area contributed by atoms with Gasteiger partial charge in [0.1, 0.15) is 12.4 Å². The minimum absolute atomic E-state index is 0.0520. The van der Waals surface area contributed by atoms with Gasteiger partial charge in [-0.1, -0.05) is 5.92 Å². The van der Waals surface area contributed by atoms with E-state index in [-0.39, 0.29) is 34.5 Å². The lowest BCUT2D eigenvalue weighted by Gasteiger charge is -2.08. The third kappa shape index (κ3) is 4.99. The molecule has 150 valence electrons. The molecule has 0 fully saturated rings. The summed E-state index contributed by atoms with van der Waals surface area (Å²) in [6.45, 7) is -0.438. The molecule has 0 spiro atoms. The van der Waals surface area contributed by atoms with E-state index < -0.39 is 26.0 Å². The van der Waals surface area contributed by atoms with E-state index in [4.69, 9.17) is 15.6 Å². The second-order valence-corrected chi connectivity index (χ2v) is 9.49. The fourth-order valence-electron chi connectivity index (χ4n) is 1.96. The molecule has 2 aromatic rings. The molecule has 0 aliphatic carbocycles. The van der Waals surface area contributed by atoms with Crippen LogP contribution in [-0.4, -0.2) is 47.8 Å². The highest BCUT2D eigenvalue weighted by Gasteiger charge is 2.22. The number of ether oxygens (including phenoxy) is 1. The molecule has 0 atom stereocenters. The molecule has 1 aromatic carbocycles. The summed E-state index contributed by atoms with van der Waals surface area (Å²) in [7, 11) is -4.75. The van der Waals surface area contributed by atoms with Crippen molar-refractivity contribution in [2.75, 3.05) is 20.6 Å². The summed E-state index contributed by atoms with van der Waals surface area (Å²) in [5.74, 6) is 1.58. The molecule has 0 radical (unpaired) electrons. The zero-order valence-electron chi connectivity index (χ0n) is 15.1. The van der Waals surface area contributed by atoms with Crippen molar-refractivity contribution in [1.82, 2.24) is 9.03 Å². The number of hydrogen-bond donors (Lipinski definition) is 1. The summed E-state index contributed by atoms with van der Waals surface area (Å²) in [4.78, 5) is 12.0. The summed E-state index contributed by atoms with van der Waals surface area (Å²) in [5, 5.41) is -0.266. The summed E-state index contributed by atoms with van der Waals surface area (Å²) in [5.41, 5.74) is 0.114. The Hall–Kier alpha value is -2.65. The molecule has 1 N–H and O–H groups in total. The van der Waals surface area contributed by atoms with E-state index in [2.05, 4.69) is 10.6 Å². The van der Waals surface area contributed by atoms with Crippen molar-refractivity contribution in [1.29, 1.82) is 0 Å². The predicted molar refractivity (Wildman–Crippen MR) is 99.2 cm³/mol. The van der Waals surface area contributed by atoms with Crippen LogP contribution in [0.5, 0.6) is 0 Å². The third-order valence-corrected chi connectivity index (χ3v) is 6.59. The second-order valence-electron chi connectivity index (χ2n) is 5.64. The summed E-state index contributed by atoms with van der Waals surface area (Å²) in [6.07, 6.45) is 5.02. The first kappa shape index (κ1) is 21.6. The van der Waals surface area contributed by atoms with Gasteiger partial charge in [0.15, 0.2) is 0 Å². The second kappa shape index (κ2) is 8.57. The number of benzene rings is 1. The Morgan fingerprint density at radius 3 is 2.36 bits per heavy atom. The molecule has 0 aliphatic heterocycles. The Balaban J connectivity index is 2.03. The zero-order chi connectivity index (χ0) is 20.9. The normalized spacial score (nSPS) is 11.9. The number of carbonyl (C=O) groups is 1. The molecule has 1 heterocycles. The fourth-order valence-corrected chi connectivity index (χ4v) is 3.71. The first-order valence-electron chi connectivity index (χ1n) is 7.79. The van der Waals surface area contributed by atoms with Gasteiger partial charge in [-0.2, -0.15) is 4.72 Å². The van der Waals surface area contributed by atoms with Crippen molar-refractivity contribution in [3.63, 3.8) is 0 Å². The quantitative estimate of drug-likeness (QED) is 0.489. The summed E-state index contributed by atoms with van der Waals surface area (Å²) < 4.78 is 61.2. The van der Waals surface area contributed by atoms with Crippen LogP contribution in [0, 0.1) is 12.3 Å². The van der Waals surface area contributed by atoms with Gasteiger partial charge in [0.25, 0.3) is 10.0 Å². The largest absolute Gasteiger partial charge is 0.454 e. The summed E-state index contributed by atoms with van der Waals surface area (Å²) in [6, 6.07) is 7.71. The van der Waals surface area contributed by atoms with E-state index in [9.17, 15) is 21.6 Å². The molecule has 2 rings (SSSR count). The van der Waals surface area contributed by atoms with Gasteiger partial charge in [0, 0.05) is 14.1 Å². The van der Waals surface area contributed by atoms with Gasteiger partial charge < -0.3 is 9.15 Å². The highest BCUT2D eigenvalue weighted by Crippen LogP contribution is 2.18. The van der Waals surface area contributed by atoms with Gasteiger partial charge in [0.05, 0.1) is 17.0 Å². The van der Waals surface area contributed by atoms with Crippen LogP contribution in [0.15, 0.2) is 50.8 Å². The first-order chi connectivity index (χ1) is 13.1. The van der Waals surface area contributed by atoms with Gasteiger partial charge in [-0.3, -0.25) is 0 Å². The molecule has 0 saturated carbocycles. The smallest absolute Gasteiger partial charge is 0.338 e. The maximum Gasteiger partial charge on any atom is 0.338 e. The van der Waals surface area contributed by atoms with Crippen molar-refractivity contribution >= 4 is 26.0 Å². The lowest BCUT2D eigenvalue weighted by atomic mass is 10.2. The van der Waals surface area contributed by atoms with Gasteiger partial charge >= 0.3 is 5.97 Å². The van der Waals surface area contributed by atoms with Crippen LogP contribution in [-0.2, 0) is 31.4 Å². The van der Waals surface area contributed by atoms with E-state index in [0.717, 1.165) is 4.31 Å². The number of furan rings is 1. The Bertz CT molecular complexity index is 1090. The van der Waals surface area contributed by atoms with Crippen molar-refractivity contribution in [3.8, 4) is 12.3 Å². The van der Waals surface area contributed by atoms with Gasteiger partial charge in [0.2, 0.25) is 15.1 Å². The Kier molecular flexibility index (Phi) is 6.63. The summed E-state index contributed by atoms with van der Waals surface area (Å²) >= 11 is 0. The lowest BCUT2D eigenvalue weighted by Crippen LogP contribution is -2.23. The molecule has 0 bridgehead atoms. The highest BCUT2D eigenvalue weighted by atomic mass is 32.2. The number of hydrogen-bond acceptors (Lipinski definition) is 7. The minimum atomic E-state index is -3.76. The first-order valence-corrected chi connectivity index (χ1v) is 10.7. The number of nitrogens with one attached hydrogen (secondary N) is 1. The lowest BCUT2D eigenvalue weighted by molar-refractivity contribution is 0.0440. The Labute approximate surface area is 163 Å². The van der Waals surface area contributed by atoms with Crippen molar-refractivity contribution < 1.29 is 30.8 Å². The molecule has 28 heavy (non-hydrogen) atoms. The maximum atomic E-state index is 12.1. The van der Waals surface area contributed by atoms with Crippen molar-refractivity contribution in [3.05, 3.63) is 47.7 Å². The molecule has 0 unspecified atom stereocenters. The number of rotatable bonds is 8. The molecule has 0 saturated heterocycles. The average Bonchev–Trinajstić information content (AvgIpc) is 3.14. The van der Waals surface area contributed by atoms with Crippen molar-refractivity contribution in [2.24, 2.45) is 0 Å². The number of esters is 1. The standard InChI is InChI=1S/C17H18N2O7S2/c1-4-11-18-27(21,22)15-8-5-13(6-9-15)17(20)25-12-14-7-10-16(26-14)28(23,24)19(2)3/h1,5-10,18H,11-12H2,2-3H3. The van der Waals surface area contributed by atoms with Crippen LogP contribution in [0.2, 0.25) is 0 Å². The number of nitrogens with zero attached hydrogens (tertiary/aromatic N) is 1. The molecular weight excluding hydrogens is 408 g/mol. The van der Waals surface area contributed by atoms with E-state index >= 15 is 0 Å². The van der Waals surface area contributed by atoms with Crippen LogP contribution in [0.4, 0.5) is 0 Å². The van der Waals surface area contributed by atoms with Crippen molar-refractivity contribution in [2.45, 2.75) is 16.6 Å². The molecular formula is C17H18N2O7S2. The highest BCUT2D eigenvalue weighted by molar-refractivity contribution is 7.89. The maximum absolute atomic E-state index is 12.1. The zero-order valence-corrected chi connectivity index (χ0v) is 16.7. The van der Waals surface area contributed by atoms with E-state index in [1.54, 1.807) is 0 Å². The Morgan fingerprint density at radius 1 is 1.14 bits per heavy atom. The molecule has 1 aromatic heterocycles. The molecule has 11 heteroatoms. The van der Waals surface area contributed by atoms with Crippen LogP contribution in [0.3, 0.4) is 0 Å². The topological polar surface area (TPSA) is 123 Å². The monoisotopic (exact) mass is 426 g/mol. The third-order valence-electron chi connectivity index (χ3n) is 3.48. The number of carbonyl (C=O) groups excluding carboxylic acids is 1. The number of terminal acetylenes is 1. The van der Waals surface area contributed by atoms with E-state index in [0.29, 0.717) is 0 Å². The fraction of sp³-hybridized carbons (Fsp3) is 0.235. The average molecular weight is 426 g/mol. The SMILES string of the molecule is C#CCNS(=O)(=O)c1ccc(C(=O)OCc2ccc(S(=O)(=O)N(C)C)o2)cc1. The number of sulfonamides is 2. The minimum Gasteiger partial charge on any atom is -0.454 e. The molecule has 0 amide bonds. The van der Waals surface area contributed by atoms with Crippen LogP contribution in [0.25, 0.3) is 0 Å². The van der Waals surface area contributed by atoms with Crippen LogP contribution >= 0.6 is 0 Å². The van der Waals surface area contributed by atoms with E-state index in [1.165, 1.54) is 50.5 Å². The predicted octanol–water partition coefficient (Wildman–Crippen LogP) is 0.798. The molecule has 9 nitrogen and oxygen atoms in total. The van der Waals surface area contributed by atoms with Gasteiger partial charge in [-0.25, -0.2) is 25.9 Å². The molecule has 0 aliphatic rings. The Morgan fingerprint density at radius 2 is 1.79 bits per heavy atom.